The van der Waals surface area contributed by atoms with Crippen LogP contribution in [0, 0.1) is 52.9 Å². The molecule has 1 heterocycles. The minimum absolute atomic E-state index is 0.651. The number of rotatable bonds is 4. The molecule has 0 N–H and O–H groups in total. The van der Waals surface area contributed by atoms with Gasteiger partial charge in [0.15, 0.2) is 0 Å². The molecule has 0 atom stereocenters. The normalized spacial score (nSPS) is 11.6. The lowest BCUT2D eigenvalue weighted by Gasteiger charge is -2.14. The molecule has 6 rings (SSSR count). The Bertz CT molecular complexity index is 1950. The van der Waals surface area contributed by atoms with Crippen LogP contribution in [0.3, 0.4) is 0 Å². The number of nitrogens with zero attached hydrogens (tertiary/aromatic N) is 2. The fraction of sp³-hybridized carbons (Fsp3) is 0.175. The first-order valence-electron chi connectivity index (χ1n) is 14.6. The van der Waals surface area contributed by atoms with E-state index in [4.69, 9.17) is 0 Å². The van der Waals surface area contributed by atoms with E-state index >= 15 is 0 Å². The second kappa shape index (κ2) is 10.5. The van der Waals surface area contributed by atoms with E-state index in [2.05, 4.69) is 125 Å². The van der Waals surface area contributed by atoms with E-state index in [0.29, 0.717) is 5.56 Å². The highest BCUT2D eigenvalue weighted by atomic mass is 15.0. The van der Waals surface area contributed by atoms with Gasteiger partial charge in [0.2, 0.25) is 0 Å². The topological polar surface area (TPSA) is 28.7 Å². The Kier molecular flexibility index (Phi) is 6.83. The summed E-state index contributed by atoms with van der Waals surface area (Å²) in [5.74, 6) is 0. The Morgan fingerprint density at radius 3 is 1.50 bits per heavy atom. The minimum Gasteiger partial charge on any atom is -0.309 e. The van der Waals surface area contributed by atoms with Crippen LogP contribution >= 0.6 is 0 Å². The molecule has 0 bridgehead atoms. The second-order valence-corrected chi connectivity index (χ2v) is 11.7. The average molecular weight is 545 g/mol. The number of hydrogen-bond donors (Lipinski definition) is 0. The van der Waals surface area contributed by atoms with Crippen molar-refractivity contribution in [1.82, 2.24) is 4.57 Å². The van der Waals surface area contributed by atoms with Gasteiger partial charge in [0, 0.05) is 10.8 Å². The third-order valence-electron chi connectivity index (χ3n) is 8.44. The number of hydrogen-bond acceptors (Lipinski definition) is 1. The van der Waals surface area contributed by atoms with Gasteiger partial charge in [-0.3, -0.25) is 0 Å². The number of fused-ring (bicyclic) bond motifs is 3. The summed E-state index contributed by atoms with van der Waals surface area (Å²) in [6.07, 6.45) is 4.18. The average Bonchev–Trinajstić information content (AvgIpc) is 3.25. The fourth-order valence-electron chi connectivity index (χ4n) is 6.99. The summed E-state index contributed by atoms with van der Waals surface area (Å²) in [5, 5.41) is 12.2. The molecule has 0 saturated heterocycles. The van der Waals surface area contributed by atoms with Crippen LogP contribution in [0.5, 0.6) is 0 Å². The van der Waals surface area contributed by atoms with Crippen molar-refractivity contribution in [3.63, 3.8) is 0 Å². The lowest BCUT2D eigenvalue weighted by Crippen LogP contribution is -1.98. The molecule has 2 heteroatoms. The van der Waals surface area contributed by atoms with Crippen molar-refractivity contribution in [2.75, 3.05) is 0 Å². The molecule has 0 spiro atoms. The maximum atomic E-state index is 9.80. The lowest BCUT2D eigenvalue weighted by atomic mass is 9.91. The first-order valence-corrected chi connectivity index (χ1v) is 14.6. The Labute approximate surface area is 249 Å². The van der Waals surface area contributed by atoms with Crippen molar-refractivity contribution < 1.29 is 0 Å². The Balaban J connectivity index is 1.73. The first-order chi connectivity index (χ1) is 20.2. The quantitative estimate of drug-likeness (QED) is 0.217. The molecule has 206 valence electrons. The van der Waals surface area contributed by atoms with Crippen LogP contribution in [0.1, 0.15) is 51.4 Å². The van der Waals surface area contributed by atoms with Crippen LogP contribution < -0.4 is 0 Å². The van der Waals surface area contributed by atoms with Gasteiger partial charge in [-0.2, -0.15) is 5.26 Å². The molecule has 6 aromatic rings. The van der Waals surface area contributed by atoms with Gasteiger partial charge in [-0.25, -0.2) is 0 Å². The summed E-state index contributed by atoms with van der Waals surface area (Å²) >= 11 is 0. The molecule has 0 unspecified atom stereocenters. The third-order valence-corrected chi connectivity index (χ3v) is 8.44. The molecule has 0 aliphatic heterocycles. The molecule has 2 nitrogen and oxygen atoms in total. The Morgan fingerprint density at radius 2 is 1.07 bits per heavy atom. The highest BCUT2D eigenvalue weighted by molar-refractivity contribution is 6.12. The van der Waals surface area contributed by atoms with Crippen LogP contribution in [-0.2, 0) is 0 Å². The summed E-state index contributed by atoms with van der Waals surface area (Å²) in [4.78, 5) is 0. The van der Waals surface area contributed by atoms with Gasteiger partial charge in [-0.15, -0.1) is 0 Å². The zero-order valence-electron chi connectivity index (χ0n) is 25.6. The van der Waals surface area contributed by atoms with Crippen LogP contribution in [0.25, 0.3) is 55.8 Å². The van der Waals surface area contributed by atoms with E-state index in [0.717, 1.165) is 22.3 Å². The zero-order valence-corrected chi connectivity index (χ0v) is 25.6. The summed E-state index contributed by atoms with van der Waals surface area (Å²) < 4.78 is 2.33. The molecule has 5 aromatic carbocycles. The number of allylic oxidation sites excluding steroid dienone is 1. The Morgan fingerprint density at radius 1 is 0.595 bits per heavy atom. The standard InChI is InChI=1S/C40H36N2/c1-8-9-31-11-10-30(23-41)20-38(31)42-36-14-12-32(39-26(4)16-24(2)17-27(39)5)21-34(36)35-22-33(13-15-37(35)42)40-28(6)18-25(3)19-29(40)7/h8-22H,1-7H3/b9-8+. The molecule has 0 saturated carbocycles. The fourth-order valence-corrected chi connectivity index (χ4v) is 6.99. The van der Waals surface area contributed by atoms with Gasteiger partial charge in [0.25, 0.3) is 0 Å². The molecular weight excluding hydrogens is 508 g/mol. The number of benzene rings is 5. The zero-order chi connectivity index (χ0) is 29.7. The molecule has 0 amide bonds. The van der Waals surface area contributed by atoms with E-state index in [-0.39, 0.29) is 0 Å². The lowest BCUT2D eigenvalue weighted by molar-refractivity contribution is 1.17. The first kappa shape index (κ1) is 27.3. The van der Waals surface area contributed by atoms with Gasteiger partial charge >= 0.3 is 0 Å². The highest BCUT2D eigenvalue weighted by Gasteiger charge is 2.18. The predicted octanol–water partition coefficient (Wildman–Crippen LogP) is 10.9. The molecule has 0 aliphatic rings. The maximum Gasteiger partial charge on any atom is 0.0992 e. The molecule has 0 radical (unpaired) electrons. The molecule has 0 fully saturated rings. The summed E-state index contributed by atoms with van der Waals surface area (Å²) in [6, 6.07) is 31.1. The van der Waals surface area contributed by atoms with Crippen LogP contribution in [0.2, 0.25) is 0 Å². The molecular formula is C40H36N2. The van der Waals surface area contributed by atoms with Crippen molar-refractivity contribution in [1.29, 1.82) is 5.26 Å². The summed E-state index contributed by atoms with van der Waals surface area (Å²) in [6.45, 7) is 15.2. The van der Waals surface area contributed by atoms with Crippen LogP contribution in [0.4, 0.5) is 0 Å². The summed E-state index contributed by atoms with van der Waals surface area (Å²) in [7, 11) is 0. The third kappa shape index (κ3) is 4.52. The summed E-state index contributed by atoms with van der Waals surface area (Å²) in [5.41, 5.74) is 17.8. The SMILES string of the molecule is C/C=C/c1ccc(C#N)cc1-n1c2ccc(-c3c(C)cc(C)cc3C)cc2c2cc(-c3c(C)cc(C)cc3C)ccc21. The van der Waals surface area contributed by atoms with Crippen molar-refractivity contribution in [2.45, 2.75) is 48.5 Å². The number of aromatic nitrogens is 1. The van der Waals surface area contributed by atoms with Crippen molar-refractivity contribution in [2.24, 2.45) is 0 Å². The van der Waals surface area contributed by atoms with Crippen LogP contribution in [0.15, 0.2) is 84.9 Å². The molecule has 42 heavy (non-hydrogen) atoms. The van der Waals surface area contributed by atoms with Gasteiger partial charge < -0.3 is 4.57 Å². The largest absolute Gasteiger partial charge is 0.309 e. The van der Waals surface area contributed by atoms with Crippen LogP contribution in [-0.4, -0.2) is 4.57 Å². The second-order valence-electron chi connectivity index (χ2n) is 11.7. The molecule has 0 aliphatic carbocycles. The highest BCUT2D eigenvalue weighted by Crippen LogP contribution is 2.40. The van der Waals surface area contributed by atoms with Gasteiger partial charge in [0.05, 0.1) is 28.4 Å². The van der Waals surface area contributed by atoms with E-state index in [1.54, 1.807) is 0 Å². The maximum absolute atomic E-state index is 9.80. The smallest absolute Gasteiger partial charge is 0.0992 e. The minimum atomic E-state index is 0.651. The monoisotopic (exact) mass is 544 g/mol. The number of nitriles is 1. The van der Waals surface area contributed by atoms with Gasteiger partial charge in [0.1, 0.15) is 0 Å². The Hall–Kier alpha value is -4.87. The van der Waals surface area contributed by atoms with Crippen molar-refractivity contribution in [3.8, 4) is 34.0 Å². The van der Waals surface area contributed by atoms with E-state index < -0.39 is 0 Å². The van der Waals surface area contributed by atoms with Gasteiger partial charge in [-0.1, -0.05) is 65.7 Å². The van der Waals surface area contributed by atoms with Gasteiger partial charge in [-0.05, 0) is 135 Å². The number of aryl methyl sites for hydroxylation is 6. The van der Waals surface area contributed by atoms with Crippen molar-refractivity contribution >= 4 is 27.9 Å². The van der Waals surface area contributed by atoms with E-state index in [9.17, 15) is 5.26 Å². The molecule has 1 aromatic heterocycles. The van der Waals surface area contributed by atoms with E-state index in [1.807, 2.05) is 25.1 Å². The van der Waals surface area contributed by atoms with E-state index in [1.165, 1.54) is 66.4 Å². The predicted molar refractivity (Wildman–Crippen MR) is 179 cm³/mol. The van der Waals surface area contributed by atoms with Crippen molar-refractivity contribution in [3.05, 3.63) is 129 Å².